The largest absolute Gasteiger partial charge is 0.505 e. The zero-order chi connectivity index (χ0) is 27.0. The van der Waals surface area contributed by atoms with Crippen LogP contribution in [0.15, 0.2) is 48.2 Å². The molecular formula is C27H27N5O5S. The van der Waals surface area contributed by atoms with Crippen molar-refractivity contribution in [2.45, 2.75) is 40.2 Å². The smallest absolute Gasteiger partial charge is 0.301 e. The molecule has 1 unspecified atom stereocenters. The summed E-state index contributed by atoms with van der Waals surface area (Å²) >= 11 is 1.19. The number of pyridine rings is 1. The van der Waals surface area contributed by atoms with E-state index in [-0.39, 0.29) is 16.5 Å². The molecule has 1 aliphatic heterocycles. The highest BCUT2D eigenvalue weighted by Crippen LogP contribution is 2.45. The van der Waals surface area contributed by atoms with Crippen molar-refractivity contribution < 1.29 is 24.2 Å². The fourth-order valence-corrected chi connectivity index (χ4v) is 5.26. The van der Waals surface area contributed by atoms with E-state index in [9.17, 15) is 14.7 Å². The number of aliphatic hydroxyl groups excluding tert-OH is 1. The van der Waals surface area contributed by atoms with E-state index in [1.165, 1.54) is 16.2 Å². The minimum atomic E-state index is -0.976. The summed E-state index contributed by atoms with van der Waals surface area (Å²) in [6.45, 7) is 8.28. The second-order valence-electron chi connectivity index (χ2n) is 8.74. The Labute approximate surface area is 223 Å². The maximum atomic E-state index is 13.5. The van der Waals surface area contributed by atoms with Crippen molar-refractivity contribution in [1.82, 2.24) is 19.6 Å². The Kier molecular flexibility index (Phi) is 6.85. The number of carbonyl (C=O) groups is 2. The number of carbonyl (C=O) groups excluding carboxylic acids is 2. The number of aromatic nitrogens is 4. The molecule has 1 saturated heterocycles. The Bertz CT molecular complexity index is 1570. The molecule has 0 radical (unpaired) electrons. The lowest BCUT2D eigenvalue weighted by atomic mass is 9.96. The monoisotopic (exact) mass is 533 g/mol. The van der Waals surface area contributed by atoms with E-state index in [0.717, 1.165) is 6.42 Å². The fourth-order valence-electron chi connectivity index (χ4n) is 4.55. The molecule has 0 aliphatic carbocycles. The molecule has 1 aromatic carbocycles. The zero-order valence-electron chi connectivity index (χ0n) is 21.5. The molecule has 0 bridgehead atoms. The first kappa shape index (κ1) is 25.4. The van der Waals surface area contributed by atoms with E-state index in [0.29, 0.717) is 52.3 Å². The number of nitrogens with zero attached hydrogens (tertiary/aromatic N) is 5. The number of fused-ring (bicyclic) bond motifs is 1. The number of imidazole rings is 1. The number of ether oxygens (including phenoxy) is 2. The summed E-state index contributed by atoms with van der Waals surface area (Å²) in [7, 11) is 0. The van der Waals surface area contributed by atoms with Crippen LogP contribution in [0.4, 0.5) is 5.13 Å². The van der Waals surface area contributed by atoms with Crippen molar-refractivity contribution in [2.24, 2.45) is 0 Å². The van der Waals surface area contributed by atoms with Gasteiger partial charge in [0.1, 0.15) is 16.3 Å². The molecule has 38 heavy (non-hydrogen) atoms. The van der Waals surface area contributed by atoms with Crippen LogP contribution in [0.5, 0.6) is 11.5 Å². The number of aliphatic hydroxyl groups is 1. The van der Waals surface area contributed by atoms with Crippen LogP contribution >= 0.6 is 11.3 Å². The normalized spacial score (nSPS) is 16.9. The third-order valence-corrected chi connectivity index (χ3v) is 6.98. The van der Waals surface area contributed by atoms with Gasteiger partial charge in [0.15, 0.2) is 17.3 Å². The number of hydrogen-bond donors (Lipinski definition) is 1. The van der Waals surface area contributed by atoms with Crippen LogP contribution in [0.1, 0.15) is 48.3 Å². The molecule has 1 N–H and O–H groups in total. The highest BCUT2D eigenvalue weighted by Gasteiger charge is 2.49. The van der Waals surface area contributed by atoms with Crippen LogP contribution in [0.25, 0.3) is 11.4 Å². The first-order chi connectivity index (χ1) is 18.3. The third kappa shape index (κ3) is 4.28. The van der Waals surface area contributed by atoms with Gasteiger partial charge in [-0.2, -0.15) is 0 Å². The first-order valence-corrected chi connectivity index (χ1v) is 13.1. The van der Waals surface area contributed by atoms with E-state index >= 15 is 0 Å². The predicted octanol–water partition coefficient (Wildman–Crippen LogP) is 4.62. The number of aryl methyl sites for hydroxylation is 2. The van der Waals surface area contributed by atoms with Gasteiger partial charge in [-0.25, -0.2) is 4.98 Å². The zero-order valence-corrected chi connectivity index (χ0v) is 22.3. The fraction of sp³-hybridized carbons (Fsp3) is 0.296. The lowest BCUT2D eigenvalue weighted by molar-refractivity contribution is -0.132. The average molecular weight is 534 g/mol. The molecule has 5 rings (SSSR count). The van der Waals surface area contributed by atoms with E-state index in [1.54, 1.807) is 54.8 Å². The average Bonchev–Trinajstić information content (AvgIpc) is 3.56. The van der Waals surface area contributed by atoms with Gasteiger partial charge in [-0.05, 0) is 57.0 Å². The Morgan fingerprint density at radius 2 is 1.89 bits per heavy atom. The summed E-state index contributed by atoms with van der Waals surface area (Å²) < 4.78 is 13.4. The molecule has 1 aliphatic rings. The maximum absolute atomic E-state index is 13.5. The van der Waals surface area contributed by atoms with Gasteiger partial charge >= 0.3 is 5.91 Å². The van der Waals surface area contributed by atoms with Gasteiger partial charge < -0.3 is 14.6 Å². The van der Waals surface area contributed by atoms with Gasteiger partial charge in [-0.15, -0.1) is 10.2 Å². The third-order valence-electron chi connectivity index (χ3n) is 6.14. The Hall–Kier alpha value is -4.25. The number of ketones is 1. The summed E-state index contributed by atoms with van der Waals surface area (Å²) in [4.78, 5) is 32.8. The highest BCUT2D eigenvalue weighted by atomic mass is 32.1. The lowest BCUT2D eigenvalue weighted by Gasteiger charge is -2.23. The van der Waals surface area contributed by atoms with Crippen LogP contribution in [0.2, 0.25) is 0 Å². The molecule has 1 amide bonds. The Balaban J connectivity index is 1.74. The lowest BCUT2D eigenvalue weighted by Crippen LogP contribution is -2.29. The summed E-state index contributed by atoms with van der Waals surface area (Å²) in [6, 6.07) is 9.71. The summed E-state index contributed by atoms with van der Waals surface area (Å²) in [5.74, 6) is -0.918. The number of amides is 1. The minimum Gasteiger partial charge on any atom is -0.505 e. The van der Waals surface area contributed by atoms with Crippen LogP contribution in [-0.2, 0) is 9.59 Å². The van der Waals surface area contributed by atoms with Crippen molar-refractivity contribution in [3.63, 3.8) is 0 Å². The topological polar surface area (TPSA) is 119 Å². The molecule has 196 valence electrons. The predicted molar refractivity (Wildman–Crippen MR) is 143 cm³/mol. The van der Waals surface area contributed by atoms with Crippen molar-refractivity contribution in [3.8, 4) is 11.5 Å². The van der Waals surface area contributed by atoms with E-state index in [1.807, 2.05) is 19.9 Å². The molecule has 0 saturated carbocycles. The number of Topliss-reactive ketones (excluding diaryl/α,β-unsaturated/α-hetero) is 1. The van der Waals surface area contributed by atoms with Gasteiger partial charge in [0.05, 0.1) is 30.5 Å². The van der Waals surface area contributed by atoms with Gasteiger partial charge in [-0.3, -0.25) is 18.9 Å². The van der Waals surface area contributed by atoms with Gasteiger partial charge in [0.2, 0.25) is 5.13 Å². The summed E-state index contributed by atoms with van der Waals surface area (Å²) in [5, 5.41) is 20.7. The molecule has 3 aromatic heterocycles. The first-order valence-electron chi connectivity index (χ1n) is 12.3. The molecule has 1 fully saturated rings. The van der Waals surface area contributed by atoms with E-state index in [4.69, 9.17) is 9.47 Å². The SMILES string of the molecule is CCCOc1ccc(C2C(=C(O)c3c(C)nc4ccccn34)C(=O)C(=O)N2c2nnc(C)s2)cc1OCC. The van der Waals surface area contributed by atoms with Crippen molar-refractivity contribution in [1.29, 1.82) is 0 Å². The maximum Gasteiger partial charge on any atom is 0.301 e. The molecule has 10 nitrogen and oxygen atoms in total. The van der Waals surface area contributed by atoms with E-state index < -0.39 is 17.7 Å². The number of benzene rings is 1. The quantitative estimate of drug-likeness (QED) is 0.198. The minimum absolute atomic E-state index is 0.0683. The van der Waals surface area contributed by atoms with Crippen LogP contribution in [0, 0.1) is 13.8 Å². The standard InChI is InChI=1S/C27H27N5O5S/c1-5-13-37-18-11-10-17(14-19(18)36-6-2)23-21(25(34)26(35)32(23)27-30-29-16(4)38-27)24(33)22-15(3)28-20-9-7-8-12-31(20)22/h7-12,14,23,33H,5-6,13H2,1-4H3. The molecule has 0 spiro atoms. The molecular weight excluding hydrogens is 506 g/mol. The Morgan fingerprint density at radius 1 is 1.08 bits per heavy atom. The van der Waals surface area contributed by atoms with Crippen molar-refractivity contribution in [3.05, 3.63) is 70.1 Å². The summed E-state index contributed by atoms with van der Waals surface area (Å²) in [6.07, 6.45) is 2.57. The second-order valence-corrected chi connectivity index (χ2v) is 9.90. The number of hydrogen-bond acceptors (Lipinski definition) is 9. The van der Waals surface area contributed by atoms with Crippen molar-refractivity contribution in [2.75, 3.05) is 18.1 Å². The molecule has 1 atom stereocenters. The molecule has 4 heterocycles. The van der Waals surface area contributed by atoms with Crippen LogP contribution in [0.3, 0.4) is 0 Å². The van der Waals surface area contributed by atoms with Crippen LogP contribution < -0.4 is 14.4 Å². The number of rotatable bonds is 8. The van der Waals surface area contributed by atoms with Crippen molar-refractivity contribution >= 4 is 39.6 Å². The Morgan fingerprint density at radius 3 is 2.61 bits per heavy atom. The van der Waals surface area contributed by atoms with Gasteiger partial charge in [0.25, 0.3) is 5.78 Å². The van der Waals surface area contributed by atoms with Crippen LogP contribution in [-0.4, -0.2) is 49.6 Å². The highest BCUT2D eigenvalue weighted by molar-refractivity contribution is 7.15. The summed E-state index contributed by atoms with van der Waals surface area (Å²) in [5.41, 5.74) is 1.94. The second kappa shape index (κ2) is 10.3. The van der Waals surface area contributed by atoms with Gasteiger partial charge in [0, 0.05) is 6.20 Å². The van der Waals surface area contributed by atoms with E-state index in [2.05, 4.69) is 15.2 Å². The van der Waals surface area contributed by atoms with Gasteiger partial charge in [-0.1, -0.05) is 30.4 Å². The molecule has 11 heteroatoms. The number of anilines is 1. The molecule has 4 aromatic rings.